The SMILES string of the molecule is CCN(CC)C(=O)/C=C\c1c(OC(C)=O)cc(C)c(C)c1C. The Morgan fingerprint density at radius 1 is 1.14 bits per heavy atom. The predicted molar refractivity (Wildman–Crippen MR) is 88.9 cm³/mol. The summed E-state index contributed by atoms with van der Waals surface area (Å²) in [7, 11) is 0. The summed E-state index contributed by atoms with van der Waals surface area (Å²) in [4.78, 5) is 25.1. The Hall–Kier alpha value is -2.10. The Morgan fingerprint density at radius 3 is 2.23 bits per heavy atom. The molecular weight excluding hydrogens is 278 g/mol. The third-order valence-corrected chi connectivity index (χ3v) is 3.89. The largest absolute Gasteiger partial charge is 0.426 e. The van der Waals surface area contributed by atoms with Crippen molar-refractivity contribution >= 4 is 18.0 Å². The van der Waals surface area contributed by atoms with E-state index in [0.717, 1.165) is 22.3 Å². The van der Waals surface area contributed by atoms with Crippen molar-refractivity contribution in [2.24, 2.45) is 0 Å². The molecule has 22 heavy (non-hydrogen) atoms. The van der Waals surface area contributed by atoms with Gasteiger partial charge in [0.25, 0.3) is 0 Å². The standard InChI is InChI=1S/C18H25NO3/c1-7-19(8-2)18(21)10-9-16-14(5)13(4)12(3)11-17(16)22-15(6)20/h9-11H,7-8H2,1-6H3/b10-9-. The number of hydrogen-bond donors (Lipinski definition) is 0. The minimum atomic E-state index is -0.368. The number of nitrogens with zero attached hydrogens (tertiary/aromatic N) is 1. The molecule has 0 spiro atoms. The number of aryl methyl sites for hydroxylation is 1. The third-order valence-electron chi connectivity index (χ3n) is 3.89. The van der Waals surface area contributed by atoms with E-state index in [-0.39, 0.29) is 11.9 Å². The molecule has 0 aliphatic rings. The highest BCUT2D eigenvalue weighted by molar-refractivity contribution is 5.92. The van der Waals surface area contributed by atoms with Crippen molar-refractivity contribution in [2.75, 3.05) is 13.1 Å². The number of likely N-dealkylation sites (N-methyl/N-ethyl adjacent to an activating group) is 1. The molecule has 1 rings (SSSR count). The van der Waals surface area contributed by atoms with Crippen molar-refractivity contribution in [1.29, 1.82) is 0 Å². The second kappa shape index (κ2) is 7.78. The predicted octanol–water partition coefficient (Wildman–Crippen LogP) is 3.42. The van der Waals surface area contributed by atoms with Gasteiger partial charge >= 0.3 is 5.97 Å². The van der Waals surface area contributed by atoms with Crippen molar-refractivity contribution < 1.29 is 14.3 Å². The molecule has 0 bridgehead atoms. The fourth-order valence-electron chi connectivity index (χ4n) is 2.31. The van der Waals surface area contributed by atoms with E-state index in [2.05, 4.69) is 0 Å². The normalized spacial score (nSPS) is 10.8. The van der Waals surface area contributed by atoms with Gasteiger partial charge in [0.1, 0.15) is 5.75 Å². The zero-order valence-corrected chi connectivity index (χ0v) is 14.3. The molecule has 0 saturated heterocycles. The van der Waals surface area contributed by atoms with Crippen molar-refractivity contribution in [3.8, 4) is 5.75 Å². The number of esters is 1. The first kappa shape index (κ1) is 18.0. The van der Waals surface area contributed by atoms with Crippen LogP contribution in [-0.4, -0.2) is 29.9 Å². The first-order valence-corrected chi connectivity index (χ1v) is 7.57. The molecule has 1 aromatic rings. The molecule has 0 aliphatic carbocycles. The fourth-order valence-corrected chi connectivity index (χ4v) is 2.31. The average molecular weight is 303 g/mol. The molecule has 120 valence electrons. The zero-order valence-electron chi connectivity index (χ0n) is 14.3. The zero-order chi connectivity index (χ0) is 16.9. The highest BCUT2D eigenvalue weighted by Crippen LogP contribution is 2.29. The summed E-state index contributed by atoms with van der Waals surface area (Å²) >= 11 is 0. The first-order chi connectivity index (χ1) is 10.3. The van der Waals surface area contributed by atoms with Crippen molar-refractivity contribution in [3.05, 3.63) is 34.4 Å². The quantitative estimate of drug-likeness (QED) is 0.476. The Morgan fingerprint density at radius 2 is 1.73 bits per heavy atom. The number of hydrogen-bond acceptors (Lipinski definition) is 3. The van der Waals surface area contributed by atoms with Gasteiger partial charge in [-0.25, -0.2) is 0 Å². The van der Waals surface area contributed by atoms with Crippen LogP contribution in [0.5, 0.6) is 5.75 Å². The van der Waals surface area contributed by atoms with Gasteiger partial charge in [-0.05, 0) is 63.5 Å². The van der Waals surface area contributed by atoms with Crippen LogP contribution in [0, 0.1) is 20.8 Å². The smallest absolute Gasteiger partial charge is 0.308 e. The summed E-state index contributed by atoms with van der Waals surface area (Å²) in [5.74, 6) is 0.0838. The number of carbonyl (C=O) groups excluding carboxylic acids is 2. The van der Waals surface area contributed by atoms with Gasteiger partial charge in [0.15, 0.2) is 0 Å². The van der Waals surface area contributed by atoms with E-state index < -0.39 is 0 Å². The van der Waals surface area contributed by atoms with E-state index in [1.165, 1.54) is 13.0 Å². The lowest BCUT2D eigenvalue weighted by molar-refractivity contribution is -0.132. The molecule has 0 aliphatic heterocycles. The number of ether oxygens (including phenoxy) is 1. The molecule has 0 aromatic heterocycles. The van der Waals surface area contributed by atoms with Crippen LogP contribution in [0.15, 0.2) is 12.1 Å². The molecule has 0 N–H and O–H groups in total. The van der Waals surface area contributed by atoms with Crippen molar-refractivity contribution in [2.45, 2.75) is 41.5 Å². The maximum Gasteiger partial charge on any atom is 0.308 e. The highest BCUT2D eigenvalue weighted by Gasteiger charge is 2.13. The minimum absolute atomic E-state index is 0.0450. The van der Waals surface area contributed by atoms with Gasteiger partial charge in [0.2, 0.25) is 5.91 Å². The molecule has 4 heteroatoms. The lowest BCUT2D eigenvalue weighted by atomic mass is 9.97. The Labute approximate surface area is 132 Å². The maximum absolute atomic E-state index is 12.1. The molecular formula is C18H25NO3. The van der Waals surface area contributed by atoms with Crippen molar-refractivity contribution in [3.63, 3.8) is 0 Å². The van der Waals surface area contributed by atoms with Gasteiger partial charge in [-0.2, -0.15) is 0 Å². The van der Waals surface area contributed by atoms with Gasteiger partial charge in [-0.1, -0.05) is 0 Å². The van der Waals surface area contributed by atoms with Crippen LogP contribution in [-0.2, 0) is 9.59 Å². The van der Waals surface area contributed by atoms with Crippen LogP contribution in [0.4, 0.5) is 0 Å². The molecule has 0 atom stereocenters. The van der Waals surface area contributed by atoms with E-state index in [1.54, 1.807) is 11.0 Å². The van der Waals surface area contributed by atoms with Crippen molar-refractivity contribution in [1.82, 2.24) is 4.90 Å². The van der Waals surface area contributed by atoms with Crippen LogP contribution in [0.2, 0.25) is 0 Å². The minimum Gasteiger partial charge on any atom is -0.426 e. The number of benzene rings is 1. The van der Waals surface area contributed by atoms with Crippen LogP contribution < -0.4 is 4.74 Å². The molecule has 1 aromatic carbocycles. The van der Waals surface area contributed by atoms with Gasteiger partial charge in [0.05, 0.1) is 0 Å². The topological polar surface area (TPSA) is 46.6 Å². The average Bonchev–Trinajstić information content (AvgIpc) is 2.45. The monoisotopic (exact) mass is 303 g/mol. The highest BCUT2D eigenvalue weighted by atomic mass is 16.5. The molecule has 0 heterocycles. The van der Waals surface area contributed by atoms with Gasteiger partial charge < -0.3 is 9.64 Å². The van der Waals surface area contributed by atoms with Crippen LogP contribution in [0.25, 0.3) is 6.08 Å². The van der Waals surface area contributed by atoms with E-state index in [0.29, 0.717) is 18.8 Å². The summed E-state index contributed by atoms with van der Waals surface area (Å²) in [6.07, 6.45) is 3.28. The lowest BCUT2D eigenvalue weighted by Crippen LogP contribution is -2.28. The second-order valence-corrected chi connectivity index (χ2v) is 5.29. The third kappa shape index (κ3) is 4.20. The van der Waals surface area contributed by atoms with Crippen LogP contribution >= 0.6 is 0 Å². The van der Waals surface area contributed by atoms with E-state index in [4.69, 9.17) is 4.74 Å². The summed E-state index contributed by atoms with van der Waals surface area (Å²) in [6.45, 7) is 12.6. The number of carbonyl (C=O) groups is 2. The van der Waals surface area contributed by atoms with E-state index in [1.807, 2.05) is 40.7 Å². The summed E-state index contributed by atoms with van der Waals surface area (Å²) in [6, 6.07) is 1.84. The molecule has 4 nitrogen and oxygen atoms in total. The Kier molecular flexibility index (Phi) is 6.35. The van der Waals surface area contributed by atoms with Gasteiger partial charge in [-0.3, -0.25) is 9.59 Å². The molecule has 0 fully saturated rings. The number of rotatable bonds is 5. The summed E-state index contributed by atoms with van der Waals surface area (Å²) in [5.41, 5.74) is 3.98. The Balaban J connectivity index is 3.24. The van der Waals surface area contributed by atoms with E-state index in [9.17, 15) is 9.59 Å². The van der Waals surface area contributed by atoms with Gasteiger partial charge in [-0.15, -0.1) is 0 Å². The fraction of sp³-hybridized carbons (Fsp3) is 0.444. The molecule has 0 saturated carbocycles. The molecule has 0 unspecified atom stereocenters. The maximum atomic E-state index is 12.1. The molecule has 1 amide bonds. The second-order valence-electron chi connectivity index (χ2n) is 5.29. The Bertz CT molecular complexity index is 599. The van der Waals surface area contributed by atoms with Crippen LogP contribution in [0.1, 0.15) is 43.0 Å². The van der Waals surface area contributed by atoms with E-state index >= 15 is 0 Å². The molecule has 0 radical (unpaired) electrons. The van der Waals surface area contributed by atoms with Gasteiger partial charge in [0, 0.05) is 31.7 Å². The summed E-state index contributed by atoms with van der Waals surface area (Å²) in [5, 5.41) is 0. The lowest BCUT2D eigenvalue weighted by Gasteiger charge is -2.17. The summed E-state index contributed by atoms with van der Waals surface area (Å²) < 4.78 is 5.29. The first-order valence-electron chi connectivity index (χ1n) is 7.57. The van der Waals surface area contributed by atoms with Crippen LogP contribution in [0.3, 0.4) is 0 Å². The number of amides is 1.